The molecule has 1 rings (SSSR count). The van der Waals surface area contributed by atoms with Gasteiger partial charge in [-0.15, -0.1) is 0 Å². The highest BCUT2D eigenvalue weighted by atomic mass is 15.0. The number of nitrogens with one attached hydrogen (secondary N) is 2. The molecule has 0 aliphatic heterocycles. The van der Waals surface area contributed by atoms with Gasteiger partial charge in [-0.25, -0.2) is 0 Å². The molecule has 0 saturated heterocycles. The van der Waals surface area contributed by atoms with Crippen molar-refractivity contribution in [2.24, 2.45) is 40.4 Å². The van der Waals surface area contributed by atoms with Crippen molar-refractivity contribution in [3.63, 3.8) is 0 Å². The predicted octanol–water partition coefficient (Wildman–Crippen LogP) is 10.5. The first-order chi connectivity index (χ1) is 17.2. The van der Waals surface area contributed by atoms with Crippen molar-refractivity contribution in [3.05, 3.63) is 24.6 Å². The molecule has 0 heterocycles. The van der Waals surface area contributed by atoms with Gasteiger partial charge in [0.05, 0.1) is 0 Å². The van der Waals surface area contributed by atoms with Crippen LogP contribution in [-0.4, -0.2) is 11.6 Å². The molecule has 1 fully saturated rings. The van der Waals surface area contributed by atoms with Crippen LogP contribution in [0.1, 0.15) is 147 Å². The summed E-state index contributed by atoms with van der Waals surface area (Å²) in [6.45, 7) is 37.6. The van der Waals surface area contributed by atoms with Crippen LogP contribution in [0.15, 0.2) is 24.6 Å². The van der Waals surface area contributed by atoms with Crippen molar-refractivity contribution in [2.45, 2.75) is 159 Å². The van der Waals surface area contributed by atoms with Crippen LogP contribution in [0.4, 0.5) is 0 Å². The van der Waals surface area contributed by atoms with Gasteiger partial charge >= 0.3 is 0 Å². The minimum atomic E-state index is 0.104. The maximum absolute atomic E-state index is 4.61. The first-order valence-corrected chi connectivity index (χ1v) is 16.0. The van der Waals surface area contributed by atoms with Crippen LogP contribution in [-0.2, 0) is 0 Å². The summed E-state index contributed by atoms with van der Waals surface area (Å²) < 4.78 is 0. The first-order valence-electron chi connectivity index (χ1n) is 16.0. The van der Waals surface area contributed by atoms with E-state index >= 15 is 0 Å². The topological polar surface area (TPSA) is 24.1 Å². The van der Waals surface area contributed by atoms with E-state index in [1.165, 1.54) is 57.1 Å². The molecular weight excluding hydrogens is 448 g/mol. The van der Waals surface area contributed by atoms with Crippen molar-refractivity contribution in [2.75, 3.05) is 0 Å². The molecule has 0 radical (unpaired) electrons. The summed E-state index contributed by atoms with van der Waals surface area (Å²) in [5, 5.41) is 7.86. The summed E-state index contributed by atoms with van der Waals surface area (Å²) in [5.74, 6) is 3.70. The van der Waals surface area contributed by atoms with Gasteiger partial charge in [0.1, 0.15) is 0 Å². The van der Waals surface area contributed by atoms with Gasteiger partial charge in [0.2, 0.25) is 0 Å². The standard InChI is InChI=1S/C35H68N2/c1-15-26(8)24-34(13,18-4)29(11)37-35(14,19-5)22-20-21-33(12,17-3)31-23-30(16-2)27(9)28(10)32(31)36-25(6)7/h26-28,30-32,36-37H,6,11,15-24H2,1-5,7-10,12-14H3. The summed E-state index contributed by atoms with van der Waals surface area (Å²) in [5.41, 5.74) is 2.99. The third-order valence-electron chi connectivity index (χ3n) is 11.5. The fourth-order valence-corrected chi connectivity index (χ4v) is 7.33. The van der Waals surface area contributed by atoms with Crippen molar-refractivity contribution >= 4 is 0 Å². The number of allylic oxidation sites excluding steroid dienone is 2. The maximum atomic E-state index is 4.61. The molecule has 1 aliphatic rings. The fraction of sp³-hybridized carbons (Fsp3) is 0.886. The average molecular weight is 517 g/mol. The van der Waals surface area contributed by atoms with Gasteiger partial charge in [-0.05, 0) is 87.4 Å². The normalized spacial score (nSPS) is 29.9. The highest BCUT2D eigenvalue weighted by Gasteiger charge is 2.47. The molecule has 2 N–H and O–H groups in total. The van der Waals surface area contributed by atoms with Crippen molar-refractivity contribution in [1.82, 2.24) is 10.6 Å². The summed E-state index contributed by atoms with van der Waals surface area (Å²) in [6, 6.07) is 0.529. The van der Waals surface area contributed by atoms with Crippen molar-refractivity contribution in [1.29, 1.82) is 0 Å². The average Bonchev–Trinajstić information content (AvgIpc) is 2.86. The van der Waals surface area contributed by atoms with E-state index in [0.29, 0.717) is 23.3 Å². The van der Waals surface area contributed by atoms with Gasteiger partial charge < -0.3 is 10.6 Å². The molecule has 37 heavy (non-hydrogen) atoms. The third kappa shape index (κ3) is 8.79. The minimum absolute atomic E-state index is 0.104. The zero-order chi connectivity index (χ0) is 28.6. The first kappa shape index (κ1) is 34.1. The van der Waals surface area contributed by atoms with Gasteiger partial charge in [-0.1, -0.05) is 108 Å². The van der Waals surface area contributed by atoms with E-state index in [-0.39, 0.29) is 11.0 Å². The molecule has 0 aromatic rings. The highest BCUT2D eigenvalue weighted by molar-refractivity contribution is 5.11. The lowest BCUT2D eigenvalue weighted by Crippen LogP contribution is -2.54. The Morgan fingerprint density at radius 1 is 0.919 bits per heavy atom. The molecule has 0 aromatic carbocycles. The number of hydrogen-bond acceptors (Lipinski definition) is 2. The Bertz CT molecular complexity index is 712. The third-order valence-corrected chi connectivity index (χ3v) is 11.5. The summed E-state index contributed by atoms with van der Waals surface area (Å²) in [4.78, 5) is 0. The lowest BCUT2D eigenvalue weighted by Gasteiger charge is -2.52. The van der Waals surface area contributed by atoms with E-state index in [0.717, 1.165) is 36.3 Å². The molecule has 0 spiro atoms. The lowest BCUT2D eigenvalue weighted by atomic mass is 9.56. The minimum Gasteiger partial charge on any atom is -0.386 e. The predicted molar refractivity (Wildman–Crippen MR) is 168 cm³/mol. The second-order valence-electron chi connectivity index (χ2n) is 14.2. The Labute approximate surface area is 234 Å². The van der Waals surface area contributed by atoms with Gasteiger partial charge in [-0.3, -0.25) is 0 Å². The highest BCUT2D eigenvalue weighted by Crippen LogP contribution is 2.50. The molecule has 1 aliphatic carbocycles. The summed E-state index contributed by atoms with van der Waals surface area (Å²) in [6.07, 6.45) is 12.4. The van der Waals surface area contributed by atoms with E-state index in [2.05, 4.69) is 107 Å². The van der Waals surface area contributed by atoms with Gasteiger partial charge in [0.25, 0.3) is 0 Å². The van der Waals surface area contributed by atoms with E-state index in [4.69, 9.17) is 0 Å². The van der Waals surface area contributed by atoms with Gasteiger partial charge in [0.15, 0.2) is 0 Å². The van der Waals surface area contributed by atoms with E-state index < -0.39 is 0 Å². The second-order valence-corrected chi connectivity index (χ2v) is 14.2. The molecule has 0 amide bonds. The van der Waals surface area contributed by atoms with Crippen LogP contribution in [0.25, 0.3) is 0 Å². The zero-order valence-corrected chi connectivity index (χ0v) is 27.4. The molecule has 0 bridgehead atoms. The van der Waals surface area contributed by atoms with E-state index in [1.54, 1.807) is 0 Å². The van der Waals surface area contributed by atoms with Crippen LogP contribution < -0.4 is 10.6 Å². The Hall–Kier alpha value is -0.920. The molecule has 2 nitrogen and oxygen atoms in total. The van der Waals surface area contributed by atoms with Crippen LogP contribution in [0.3, 0.4) is 0 Å². The van der Waals surface area contributed by atoms with E-state index in [9.17, 15) is 0 Å². The van der Waals surface area contributed by atoms with Gasteiger partial charge in [0, 0.05) is 28.4 Å². The molecule has 0 aromatic heterocycles. The summed E-state index contributed by atoms with van der Waals surface area (Å²) in [7, 11) is 0. The van der Waals surface area contributed by atoms with E-state index in [1.807, 2.05) is 0 Å². The smallest absolute Gasteiger partial charge is 0.0340 e. The Kier molecular flexibility index (Phi) is 13.3. The van der Waals surface area contributed by atoms with Crippen LogP contribution in [0, 0.1) is 40.4 Å². The molecule has 218 valence electrons. The molecule has 9 atom stereocenters. The number of hydrogen-bond donors (Lipinski definition) is 2. The molecule has 1 saturated carbocycles. The van der Waals surface area contributed by atoms with Crippen molar-refractivity contribution < 1.29 is 0 Å². The summed E-state index contributed by atoms with van der Waals surface area (Å²) >= 11 is 0. The molecule has 9 unspecified atom stereocenters. The zero-order valence-electron chi connectivity index (χ0n) is 27.4. The SMILES string of the molecule is C=C(C)NC1C(C)C(C)C(CC)CC1C(C)(CC)CCCC(C)(CC)NC(=C)C(C)(CC)CC(C)CC. The van der Waals surface area contributed by atoms with Crippen molar-refractivity contribution in [3.8, 4) is 0 Å². The lowest BCUT2D eigenvalue weighted by molar-refractivity contribution is 0.00109. The monoisotopic (exact) mass is 517 g/mol. The quantitative estimate of drug-likeness (QED) is 0.201. The van der Waals surface area contributed by atoms with Gasteiger partial charge in [-0.2, -0.15) is 0 Å². The maximum Gasteiger partial charge on any atom is 0.0340 e. The Morgan fingerprint density at radius 2 is 1.54 bits per heavy atom. The Morgan fingerprint density at radius 3 is 2.00 bits per heavy atom. The molecule has 2 heteroatoms. The Balaban J connectivity index is 3.02. The van der Waals surface area contributed by atoms with Crippen LogP contribution in [0.5, 0.6) is 0 Å². The largest absolute Gasteiger partial charge is 0.386 e. The second kappa shape index (κ2) is 14.5. The van der Waals surface area contributed by atoms with Crippen LogP contribution >= 0.6 is 0 Å². The number of rotatable bonds is 17. The molecular formula is C35H68N2. The fourth-order valence-electron chi connectivity index (χ4n) is 7.33. The van der Waals surface area contributed by atoms with Crippen LogP contribution in [0.2, 0.25) is 0 Å².